The van der Waals surface area contributed by atoms with Crippen LogP contribution in [0.3, 0.4) is 0 Å². The molecule has 0 aliphatic heterocycles. The van der Waals surface area contributed by atoms with Gasteiger partial charge < -0.3 is 4.43 Å². The molecule has 0 aromatic carbocycles. The molecule has 0 aromatic rings. The van der Waals surface area contributed by atoms with Gasteiger partial charge in [0.15, 0.2) is 8.32 Å². The first-order chi connectivity index (χ1) is 14.1. The van der Waals surface area contributed by atoms with Gasteiger partial charge >= 0.3 is 0 Å². The minimum Gasteiger partial charge on any atom is -0.413 e. The van der Waals surface area contributed by atoms with Crippen molar-refractivity contribution < 1.29 is 9.22 Å². The fourth-order valence-electron chi connectivity index (χ4n) is 6.30. The van der Waals surface area contributed by atoms with Crippen molar-refractivity contribution in [1.82, 2.24) is 0 Å². The zero-order valence-electron chi connectivity index (χ0n) is 22.1. The van der Waals surface area contributed by atoms with Crippen LogP contribution in [0, 0.1) is 22.2 Å². The van der Waals surface area contributed by atoms with E-state index in [0.29, 0.717) is 12.0 Å². The van der Waals surface area contributed by atoms with Crippen LogP contribution in [0.5, 0.6) is 0 Å². The Morgan fingerprint density at radius 2 is 1.77 bits per heavy atom. The molecule has 0 amide bonds. The maximum Gasteiger partial charge on any atom is 0.192 e. The molecule has 2 fully saturated rings. The van der Waals surface area contributed by atoms with Crippen molar-refractivity contribution in [3.8, 4) is 0 Å². The lowest BCUT2D eigenvalue weighted by Gasteiger charge is -2.57. The highest BCUT2D eigenvalue weighted by Gasteiger charge is 2.56. The third kappa shape index (κ3) is 5.46. The van der Waals surface area contributed by atoms with Crippen LogP contribution in [0.25, 0.3) is 0 Å². The van der Waals surface area contributed by atoms with Crippen molar-refractivity contribution in [2.24, 2.45) is 22.2 Å². The van der Waals surface area contributed by atoms with Crippen molar-refractivity contribution in [1.29, 1.82) is 0 Å². The van der Waals surface area contributed by atoms with Gasteiger partial charge in [-0.25, -0.2) is 0 Å². The first kappa shape index (κ1) is 26.6. The molecule has 0 aromatic heterocycles. The summed E-state index contributed by atoms with van der Waals surface area (Å²) in [5.41, 5.74) is 1.85. The van der Waals surface area contributed by atoms with Crippen LogP contribution < -0.4 is 0 Å². The van der Waals surface area contributed by atoms with E-state index < -0.39 is 8.32 Å². The topological polar surface area (TPSA) is 26.3 Å². The molecular formula is C28H50O2Si. The van der Waals surface area contributed by atoms with Gasteiger partial charge in [0.1, 0.15) is 6.29 Å². The van der Waals surface area contributed by atoms with E-state index in [4.69, 9.17) is 4.43 Å². The van der Waals surface area contributed by atoms with Crippen LogP contribution in [-0.4, -0.2) is 20.7 Å². The predicted octanol–water partition coefficient (Wildman–Crippen LogP) is 8.49. The summed E-state index contributed by atoms with van der Waals surface area (Å²) in [6.07, 6.45) is 14.5. The number of carbonyl (C=O) groups is 1. The molecule has 3 heteroatoms. The van der Waals surface area contributed by atoms with Gasteiger partial charge in [-0.2, -0.15) is 0 Å². The van der Waals surface area contributed by atoms with Gasteiger partial charge in [0.05, 0.1) is 6.10 Å². The van der Waals surface area contributed by atoms with E-state index in [1.54, 1.807) is 0 Å². The molecular weight excluding hydrogens is 396 g/mol. The number of fused-ring (bicyclic) bond motifs is 1. The Morgan fingerprint density at radius 3 is 2.32 bits per heavy atom. The Morgan fingerprint density at radius 1 is 1.13 bits per heavy atom. The van der Waals surface area contributed by atoms with E-state index in [0.717, 1.165) is 32.0 Å². The molecule has 2 rings (SSSR count). The monoisotopic (exact) mass is 446 g/mol. The maximum atomic E-state index is 11.7. The smallest absolute Gasteiger partial charge is 0.192 e. The van der Waals surface area contributed by atoms with Crippen molar-refractivity contribution >= 4 is 14.6 Å². The second-order valence-corrected chi connectivity index (χ2v) is 18.0. The minimum absolute atomic E-state index is 0.0912. The van der Waals surface area contributed by atoms with Crippen LogP contribution in [-0.2, 0) is 9.22 Å². The average Bonchev–Trinajstić information content (AvgIpc) is 2.73. The van der Waals surface area contributed by atoms with E-state index >= 15 is 0 Å². The molecule has 2 aliphatic rings. The first-order valence-corrected chi connectivity index (χ1v) is 15.5. The van der Waals surface area contributed by atoms with E-state index in [9.17, 15) is 4.79 Å². The number of aldehydes is 1. The van der Waals surface area contributed by atoms with Crippen molar-refractivity contribution in [2.45, 2.75) is 124 Å². The molecule has 178 valence electrons. The zero-order chi connectivity index (χ0) is 23.7. The molecule has 0 heterocycles. The summed E-state index contributed by atoms with van der Waals surface area (Å²) in [6, 6.07) is 0. The fraction of sp³-hybridized carbons (Fsp3) is 0.821. The molecule has 0 saturated heterocycles. The van der Waals surface area contributed by atoms with E-state index in [1.807, 2.05) is 12.2 Å². The number of hydrogen-bond acceptors (Lipinski definition) is 2. The van der Waals surface area contributed by atoms with Crippen molar-refractivity contribution in [2.75, 3.05) is 0 Å². The van der Waals surface area contributed by atoms with Crippen LogP contribution in [0.4, 0.5) is 0 Å². The minimum atomic E-state index is -1.84. The van der Waals surface area contributed by atoms with Crippen molar-refractivity contribution in [3.05, 3.63) is 24.3 Å². The second-order valence-electron chi connectivity index (χ2n) is 13.2. The SMILES string of the molecule is C=CCCC[C@@]1(C)CCC2C(C)(C)[C@@H](O[Si](C)(C)C(C)(C)C)CC[C@]2(C)/C(=C\C=O)C1. The van der Waals surface area contributed by atoms with Gasteiger partial charge in [-0.15, -0.1) is 6.58 Å². The van der Waals surface area contributed by atoms with Crippen LogP contribution in [0.15, 0.2) is 24.3 Å². The third-order valence-electron chi connectivity index (χ3n) is 9.51. The quantitative estimate of drug-likeness (QED) is 0.129. The normalized spacial score (nSPS) is 35.3. The molecule has 2 nitrogen and oxygen atoms in total. The molecule has 31 heavy (non-hydrogen) atoms. The predicted molar refractivity (Wildman–Crippen MR) is 137 cm³/mol. The Labute approximate surface area is 194 Å². The van der Waals surface area contributed by atoms with E-state index in [-0.39, 0.29) is 21.3 Å². The van der Waals surface area contributed by atoms with Crippen LogP contribution >= 0.6 is 0 Å². The van der Waals surface area contributed by atoms with Gasteiger partial charge in [-0.1, -0.05) is 60.1 Å². The van der Waals surface area contributed by atoms with Gasteiger partial charge in [0.2, 0.25) is 0 Å². The van der Waals surface area contributed by atoms with Crippen LogP contribution in [0.1, 0.15) is 99.8 Å². The number of allylic oxidation sites excluding steroid dienone is 3. The van der Waals surface area contributed by atoms with E-state index in [1.165, 1.54) is 31.3 Å². The average molecular weight is 447 g/mol. The number of carbonyl (C=O) groups excluding carboxylic acids is 1. The maximum absolute atomic E-state index is 11.7. The molecule has 0 spiro atoms. The van der Waals surface area contributed by atoms with Crippen LogP contribution in [0.2, 0.25) is 18.1 Å². The van der Waals surface area contributed by atoms with Crippen molar-refractivity contribution in [3.63, 3.8) is 0 Å². The summed E-state index contributed by atoms with van der Waals surface area (Å²) in [4.78, 5) is 11.7. The Balaban J connectivity index is 2.39. The summed E-state index contributed by atoms with van der Waals surface area (Å²) < 4.78 is 7.06. The third-order valence-corrected chi connectivity index (χ3v) is 14.0. The summed E-state index contributed by atoms with van der Waals surface area (Å²) in [7, 11) is -1.84. The second kappa shape index (κ2) is 9.29. The fourth-order valence-corrected chi connectivity index (χ4v) is 7.79. The molecule has 2 aliphatic carbocycles. The summed E-state index contributed by atoms with van der Waals surface area (Å²) in [5.74, 6) is 0.538. The molecule has 0 radical (unpaired) electrons. The largest absolute Gasteiger partial charge is 0.413 e. The lowest BCUT2D eigenvalue weighted by molar-refractivity contribution is -0.104. The molecule has 4 atom stereocenters. The highest BCUT2D eigenvalue weighted by Crippen LogP contribution is 2.62. The Hall–Kier alpha value is -0.673. The van der Waals surface area contributed by atoms with E-state index in [2.05, 4.69) is 68.1 Å². The van der Waals surface area contributed by atoms with Gasteiger partial charge in [0, 0.05) is 0 Å². The Bertz CT molecular complexity index is 684. The number of rotatable bonds is 7. The highest BCUT2D eigenvalue weighted by molar-refractivity contribution is 6.74. The number of hydrogen-bond donors (Lipinski definition) is 0. The zero-order valence-corrected chi connectivity index (χ0v) is 23.1. The highest BCUT2D eigenvalue weighted by atomic mass is 28.4. The molecule has 0 N–H and O–H groups in total. The Kier molecular flexibility index (Phi) is 7.97. The molecule has 0 bridgehead atoms. The van der Waals surface area contributed by atoms with Gasteiger partial charge in [0.25, 0.3) is 0 Å². The van der Waals surface area contributed by atoms with Gasteiger partial charge in [-0.05, 0) is 97.7 Å². The molecule has 1 unspecified atom stereocenters. The summed E-state index contributed by atoms with van der Waals surface area (Å²) in [5, 5.41) is 0.222. The molecule has 2 saturated carbocycles. The first-order valence-electron chi connectivity index (χ1n) is 12.6. The number of unbranched alkanes of at least 4 members (excludes halogenated alkanes) is 1. The van der Waals surface area contributed by atoms with Gasteiger partial charge in [-0.3, -0.25) is 4.79 Å². The summed E-state index contributed by atoms with van der Waals surface area (Å²) in [6.45, 7) is 25.5. The lowest BCUT2D eigenvalue weighted by atomic mass is 9.52. The standard InChI is InChI=1S/C28H50O2Si/c1-11-12-13-17-27(7)18-14-23-26(5,6)24(30-31(9,10)25(2,3)4)15-19-28(23,8)22(21-27)16-20-29/h11,16,20,23-24H,1,12-15,17-19,21H2,2-10H3/b22-16-/t23?,24-,27-,28+/m0/s1. The summed E-state index contributed by atoms with van der Waals surface area (Å²) >= 11 is 0. The lowest BCUT2D eigenvalue weighted by Crippen LogP contribution is -2.55.